The first-order valence-electron chi connectivity index (χ1n) is 13.2. The number of pyridine rings is 1. The highest BCUT2D eigenvalue weighted by molar-refractivity contribution is 6.30. The average Bonchev–Trinajstić information content (AvgIpc) is 2.99. The third-order valence-corrected chi connectivity index (χ3v) is 6.98. The van der Waals surface area contributed by atoms with E-state index >= 15 is 0 Å². The molecule has 42 heavy (non-hydrogen) atoms. The molecule has 0 spiro atoms. The number of aromatic nitrogens is 1. The lowest BCUT2D eigenvalue weighted by Gasteiger charge is -2.30. The summed E-state index contributed by atoms with van der Waals surface area (Å²) >= 11 is 0. The van der Waals surface area contributed by atoms with Gasteiger partial charge in [0.25, 0.3) is 5.91 Å². The number of halogens is 3. The summed E-state index contributed by atoms with van der Waals surface area (Å²) in [6.07, 6.45) is -4.43. The normalized spacial score (nSPS) is 12.1. The fourth-order valence-corrected chi connectivity index (χ4v) is 4.74. The summed E-state index contributed by atoms with van der Waals surface area (Å²) in [5.74, 6) is 1.15. The third-order valence-electron chi connectivity index (χ3n) is 6.98. The largest absolute Gasteiger partial charge is 0.496 e. The number of hydrogen-bond acceptors (Lipinski definition) is 4. The van der Waals surface area contributed by atoms with Crippen molar-refractivity contribution in [2.45, 2.75) is 25.7 Å². The molecule has 5 nitrogen and oxygen atoms in total. The molecule has 1 amide bonds. The van der Waals surface area contributed by atoms with Crippen molar-refractivity contribution in [3.8, 4) is 17.2 Å². The highest BCUT2D eigenvalue weighted by Crippen LogP contribution is 2.34. The van der Waals surface area contributed by atoms with Gasteiger partial charge >= 0.3 is 6.18 Å². The molecule has 0 N–H and O–H groups in total. The number of nitrogens with zero attached hydrogens (tertiary/aromatic N) is 2. The van der Waals surface area contributed by atoms with E-state index in [1.165, 1.54) is 12.1 Å². The van der Waals surface area contributed by atoms with E-state index in [2.05, 4.69) is 4.98 Å². The molecule has 9 heteroatoms. The van der Waals surface area contributed by atoms with E-state index < -0.39 is 17.8 Å². The molecule has 5 rings (SSSR count). The minimum Gasteiger partial charge on any atom is -0.496 e. The fourth-order valence-electron chi connectivity index (χ4n) is 4.74. The molecule has 1 aromatic heterocycles. The second-order valence-electron chi connectivity index (χ2n) is 9.72. The Hall–Kier alpha value is -4.79. The molecule has 2 radical (unpaired) electrons. The zero-order valence-corrected chi connectivity index (χ0v) is 22.9. The smallest absolute Gasteiger partial charge is 0.416 e. The Bertz CT molecular complexity index is 1720. The maximum absolute atomic E-state index is 14.1. The van der Waals surface area contributed by atoms with Crippen LogP contribution < -0.4 is 15.1 Å². The first kappa shape index (κ1) is 28.7. The molecule has 0 aliphatic carbocycles. The molecule has 0 saturated heterocycles. The number of alkyl halides is 3. The van der Waals surface area contributed by atoms with Crippen LogP contribution in [0, 0.1) is 0 Å². The molecule has 1 heterocycles. The van der Waals surface area contributed by atoms with Crippen LogP contribution >= 0.6 is 0 Å². The van der Waals surface area contributed by atoms with Crippen LogP contribution in [0.25, 0.3) is 10.8 Å². The van der Waals surface area contributed by atoms with Gasteiger partial charge in [0.05, 0.1) is 31.0 Å². The van der Waals surface area contributed by atoms with Crippen molar-refractivity contribution in [1.29, 1.82) is 0 Å². The number of ether oxygens (including phenoxy) is 2. The zero-order chi connectivity index (χ0) is 29.9. The Morgan fingerprint density at radius 1 is 0.905 bits per heavy atom. The predicted molar refractivity (Wildman–Crippen MR) is 156 cm³/mol. The number of amides is 1. The minimum atomic E-state index is -4.43. The van der Waals surface area contributed by atoms with Gasteiger partial charge in [0.15, 0.2) is 0 Å². The van der Waals surface area contributed by atoms with Gasteiger partial charge in [-0.05, 0) is 78.6 Å². The van der Waals surface area contributed by atoms with Crippen molar-refractivity contribution in [2.24, 2.45) is 0 Å². The molecular formula is C33H26BF3N2O3. The van der Waals surface area contributed by atoms with E-state index in [1.54, 1.807) is 54.5 Å². The minimum absolute atomic E-state index is 0.228. The summed E-state index contributed by atoms with van der Waals surface area (Å²) < 4.78 is 50.3. The van der Waals surface area contributed by atoms with Crippen LogP contribution in [0.1, 0.15) is 40.1 Å². The Kier molecular flexibility index (Phi) is 8.20. The van der Waals surface area contributed by atoms with Crippen molar-refractivity contribution < 1.29 is 27.4 Å². The van der Waals surface area contributed by atoms with Crippen LogP contribution in [-0.2, 0) is 12.7 Å². The van der Waals surface area contributed by atoms with Crippen LogP contribution in [0.4, 0.5) is 13.2 Å². The fraction of sp³-hybridized carbons (Fsp3) is 0.152. The van der Waals surface area contributed by atoms with Gasteiger partial charge in [-0.1, -0.05) is 42.5 Å². The molecular weight excluding hydrogens is 540 g/mol. The van der Waals surface area contributed by atoms with Crippen LogP contribution in [0.5, 0.6) is 17.2 Å². The Balaban J connectivity index is 1.47. The summed E-state index contributed by atoms with van der Waals surface area (Å²) in [5, 5.41) is 1.44. The maximum atomic E-state index is 14.1. The highest BCUT2D eigenvalue weighted by atomic mass is 19.4. The highest BCUT2D eigenvalue weighted by Gasteiger charge is 2.30. The van der Waals surface area contributed by atoms with Gasteiger partial charge in [-0.2, -0.15) is 13.2 Å². The SMILES string of the molecule is [B]c1cccc(C(C)N(Cc2ccccc2OC)C(=O)c2ccc3c(Oc4ccc(C(F)(F)F)cc4)cccc3c2)n1. The van der Waals surface area contributed by atoms with Crippen molar-refractivity contribution in [3.05, 3.63) is 126 Å². The number of para-hydroxylation sites is 1. The van der Waals surface area contributed by atoms with Crippen LogP contribution in [0.2, 0.25) is 0 Å². The Labute approximate surface area is 242 Å². The van der Waals surface area contributed by atoms with Crippen LogP contribution in [0.3, 0.4) is 0 Å². The number of carbonyl (C=O) groups excluding carboxylic acids is 1. The second-order valence-corrected chi connectivity index (χ2v) is 9.72. The number of carbonyl (C=O) groups is 1. The molecule has 1 unspecified atom stereocenters. The van der Waals surface area contributed by atoms with Gasteiger partial charge < -0.3 is 14.4 Å². The summed E-state index contributed by atoms with van der Waals surface area (Å²) in [5.41, 5.74) is 1.52. The molecule has 210 valence electrons. The average molecular weight is 566 g/mol. The zero-order valence-electron chi connectivity index (χ0n) is 22.9. The predicted octanol–water partition coefficient (Wildman–Crippen LogP) is 7.25. The number of rotatable bonds is 8. The van der Waals surface area contributed by atoms with E-state index in [9.17, 15) is 18.0 Å². The second kappa shape index (κ2) is 12.0. The van der Waals surface area contributed by atoms with E-state index in [4.69, 9.17) is 17.3 Å². The van der Waals surface area contributed by atoms with Crippen molar-refractivity contribution in [1.82, 2.24) is 9.88 Å². The molecule has 4 aromatic carbocycles. The van der Waals surface area contributed by atoms with E-state index in [-0.39, 0.29) is 18.2 Å². The topological polar surface area (TPSA) is 51.7 Å². The third kappa shape index (κ3) is 6.25. The van der Waals surface area contributed by atoms with Crippen molar-refractivity contribution >= 4 is 30.1 Å². The van der Waals surface area contributed by atoms with E-state index in [0.29, 0.717) is 33.7 Å². The Morgan fingerprint density at radius 2 is 1.62 bits per heavy atom. The Morgan fingerprint density at radius 3 is 2.33 bits per heavy atom. The summed E-state index contributed by atoms with van der Waals surface area (Å²) in [7, 11) is 7.53. The first-order chi connectivity index (χ1) is 20.1. The molecule has 0 saturated carbocycles. The van der Waals surface area contributed by atoms with E-state index in [0.717, 1.165) is 23.1 Å². The summed E-state index contributed by atoms with van der Waals surface area (Å²) in [4.78, 5) is 20.2. The molecule has 5 aromatic rings. The summed E-state index contributed by atoms with van der Waals surface area (Å²) in [6, 6.07) is 27.5. The van der Waals surface area contributed by atoms with Gasteiger partial charge in [0.1, 0.15) is 25.1 Å². The molecule has 1 atom stereocenters. The van der Waals surface area contributed by atoms with Crippen LogP contribution in [-0.4, -0.2) is 30.7 Å². The quantitative estimate of drug-likeness (QED) is 0.186. The standard InChI is InChI=1S/C33H26BF3N2O3/c1-21(28-9-6-12-31(34)38-28)39(20-24-7-3-4-10-29(24)41-2)32(40)23-13-18-27-22(19-23)8-5-11-30(27)42-26-16-14-25(15-17-26)33(35,36)37/h3-19,21H,20H2,1-2H3. The number of benzene rings is 4. The van der Waals surface area contributed by atoms with Crippen LogP contribution in [0.15, 0.2) is 103 Å². The van der Waals surface area contributed by atoms with Gasteiger partial charge in [0.2, 0.25) is 0 Å². The lowest BCUT2D eigenvalue weighted by Crippen LogP contribution is -2.34. The number of fused-ring (bicyclic) bond motifs is 1. The number of hydrogen-bond donors (Lipinski definition) is 0. The molecule has 0 fully saturated rings. The molecule has 0 aliphatic rings. The van der Waals surface area contributed by atoms with Gasteiger partial charge in [-0.3, -0.25) is 9.78 Å². The lowest BCUT2D eigenvalue weighted by atomic mass is 10.0. The monoisotopic (exact) mass is 566 g/mol. The molecule has 0 aliphatic heterocycles. The van der Waals surface area contributed by atoms with Crippen molar-refractivity contribution in [3.63, 3.8) is 0 Å². The first-order valence-corrected chi connectivity index (χ1v) is 13.2. The number of methoxy groups -OCH3 is 1. The summed E-state index contributed by atoms with van der Waals surface area (Å²) in [6.45, 7) is 2.15. The maximum Gasteiger partial charge on any atom is 0.416 e. The molecule has 0 bridgehead atoms. The van der Waals surface area contributed by atoms with Gasteiger partial charge in [-0.25, -0.2) is 0 Å². The van der Waals surface area contributed by atoms with Gasteiger partial charge in [-0.15, -0.1) is 0 Å². The lowest BCUT2D eigenvalue weighted by molar-refractivity contribution is -0.137. The van der Waals surface area contributed by atoms with Gasteiger partial charge in [0, 0.05) is 16.5 Å². The van der Waals surface area contributed by atoms with Crippen molar-refractivity contribution in [2.75, 3.05) is 7.11 Å². The van der Waals surface area contributed by atoms with E-state index in [1.807, 2.05) is 43.3 Å².